The molecule has 1 aliphatic heterocycles. The van der Waals surface area contributed by atoms with Gasteiger partial charge in [-0.15, -0.1) is 0 Å². The molecule has 5 heteroatoms. The van der Waals surface area contributed by atoms with Crippen LogP contribution in [0.1, 0.15) is 44.3 Å². The Morgan fingerprint density at radius 1 is 1.16 bits per heavy atom. The summed E-state index contributed by atoms with van der Waals surface area (Å²) in [6, 6.07) is 15.8. The average Bonchev–Trinajstić information content (AvgIpc) is 2.84. The fourth-order valence-electron chi connectivity index (χ4n) is 5.11. The molecule has 1 fully saturated rings. The highest BCUT2D eigenvalue weighted by Gasteiger charge is 2.38. The molecule has 2 atom stereocenters. The van der Waals surface area contributed by atoms with E-state index < -0.39 is 12.1 Å². The quantitative estimate of drug-likeness (QED) is 0.576. The highest BCUT2D eigenvalue weighted by molar-refractivity contribution is 6.30. The summed E-state index contributed by atoms with van der Waals surface area (Å²) in [5.41, 5.74) is 3.31. The second-order valence-electron chi connectivity index (χ2n) is 8.82. The van der Waals surface area contributed by atoms with Crippen molar-refractivity contribution in [2.75, 3.05) is 13.1 Å². The van der Waals surface area contributed by atoms with Crippen molar-refractivity contribution in [3.63, 3.8) is 0 Å². The second kappa shape index (κ2) is 9.62. The fourth-order valence-corrected chi connectivity index (χ4v) is 5.23. The number of carboxylic acid groups (broad SMARTS) is 1. The van der Waals surface area contributed by atoms with E-state index in [1.54, 1.807) is 6.08 Å². The number of aliphatic hydroxyl groups is 1. The molecule has 1 unspecified atom stereocenters. The molecule has 168 valence electrons. The van der Waals surface area contributed by atoms with E-state index in [4.69, 9.17) is 11.6 Å². The Bertz CT molecular complexity index is 1020. The van der Waals surface area contributed by atoms with Crippen LogP contribution in [0.4, 0.5) is 0 Å². The number of rotatable bonds is 6. The van der Waals surface area contributed by atoms with Crippen LogP contribution in [0.2, 0.25) is 5.02 Å². The van der Waals surface area contributed by atoms with Crippen molar-refractivity contribution >= 4 is 17.6 Å². The van der Waals surface area contributed by atoms with Crippen molar-refractivity contribution in [3.8, 4) is 11.1 Å². The maximum Gasteiger partial charge on any atom is 0.335 e. The van der Waals surface area contributed by atoms with Crippen LogP contribution in [-0.4, -0.2) is 39.7 Å². The number of halogens is 1. The summed E-state index contributed by atoms with van der Waals surface area (Å²) >= 11 is 6.06. The van der Waals surface area contributed by atoms with Gasteiger partial charge in [-0.3, -0.25) is 4.90 Å². The molecule has 2 aromatic carbocycles. The van der Waals surface area contributed by atoms with E-state index in [0.717, 1.165) is 49.0 Å². The van der Waals surface area contributed by atoms with Crippen LogP contribution in [0.5, 0.6) is 0 Å². The normalized spacial score (nSPS) is 23.0. The minimum Gasteiger partial charge on any atom is -0.478 e. The maximum atomic E-state index is 11.3. The Morgan fingerprint density at radius 3 is 2.44 bits per heavy atom. The lowest BCUT2D eigenvalue weighted by molar-refractivity contribution is -0.132. The molecule has 1 heterocycles. The Labute approximate surface area is 194 Å². The van der Waals surface area contributed by atoms with Crippen LogP contribution >= 0.6 is 11.6 Å². The first-order chi connectivity index (χ1) is 15.4. The topological polar surface area (TPSA) is 60.8 Å². The van der Waals surface area contributed by atoms with Gasteiger partial charge < -0.3 is 10.2 Å². The predicted molar refractivity (Wildman–Crippen MR) is 129 cm³/mol. The van der Waals surface area contributed by atoms with E-state index in [-0.39, 0.29) is 11.5 Å². The minimum atomic E-state index is -0.868. The van der Waals surface area contributed by atoms with Crippen molar-refractivity contribution in [2.45, 2.75) is 44.2 Å². The van der Waals surface area contributed by atoms with Gasteiger partial charge in [-0.1, -0.05) is 73.2 Å². The lowest BCUT2D eigenvalue weighted by Crippen LogP contribution is -2.51. The van der Waals surface area contributed by atoms with Crippen LogP contribution in [0.25, 0.3) is 11.1 Å². The third-order valence-corrected chi connectivity index (χ3v) is 7.41. The molecular formula is C27H30ClNO3. The van der Waals surface area contributed by atoms with Gasteiger partial charge in [0.1, 0.15) is 0 Å². The first-order valence-corrected chi connectivity index (χ1v) is 11.7. The van der Waals surface area contributed by atoms with E-state index in [0.29, 0.717) is 17.0 Å². The number of carboxylic acids is 1. The summed E-state index contributed by atoms with van der Waals surface area (Å²) in [4.78, 5) is 13.7. The molecular weight excluding hydrogens is 422 g/mol. The highest BCUT2D eigenvalue weighted by atomic mass is 35.5. The SMILES string of the molecule is CC[C@]1(N2CCC(C(O)c3ccccc3-c3ccc(Cl)cc3)CC2)C=CC(C(=O)O)=CC1. The summed E-state index contributed by atoms with van der Waals surface area (Å²) in [5.74, 6) is -0.682. The van der Waals surface area contributed by atoms with Gasteiger partial charge in [0.05, 0.1) is 11.7 Å². The van der Waals surface area contributed by atoms with Crippen molar-refractivity contribution in [1.29, 1.82) is 0 Å². The predicted octanol–water partition coefficient (Wildman–Crippen LogP) is 5.87. The van der Waals surface area contributed by atoms with Crippen LogP contribution < -0.4 is 0 Å². The van der Waals surface area contributed by atoms with Gasteiger partial charge in [0.15, 0.2) is 0 Å². The Balaban J connectivity index is 1.47. The van der Waals surface area contributed by atoms with Gasteiger partial charge in [0.2, 0.25) is 0 Å². The lowest BCUT2D eigenvalue weighted by atomic mass is 9.80. The van der Waals surface area contributed by atoms with Gasteiger partial charge in [-0.2, -0.15) is 0 Å². The summed E-state index contributed by atoms with van der Waals surface area (Å²) in [7, 11) is 0. The molecule has 2 aliphatic rings. The molecule has 4 nitrogen and oxygen atoms in total. The number of piperidine rings is 1. The zero-order valence-electron chi connectivity index (χ0n) is 18.4. The summed E-state index contributed by atoms with van der Waals surface area (Å²) in [5, 5.41) is 21.3. The third kappa shape index (κ3) is 4.54. The minimum absolute atomic E-state index is 0.129. The summed E-state index contributed by atoms with van der Waals surface area (Å²) in [6.07, 6.45) is 8.59. The summed E-state index contributed by atoms with van der Waals surface area (Å²) in [6.45, 7) is 3.94. The van der Waals surface area contributed by atoms with Gasteiger partial charge >= 0.3 is 5.97 Å². The Kier molecular flexibility index (Phi) is 6.85. The molecule has 1 aliphatic carbocycles. The molecule has 0 bridgehead atoms. The molecule has 2 aromatic rings. The molecule has 1 saturated heterocycles. The molecule has 2 N–H and O–H groups in total. The number of likely N-dealkylation sites (tertiary alicyclic amines) is 1. The number of hydrogen-bond donors (Lipinski definition) is 2. The maximum absolute atomic E-state index is 11.3. The summed E-state index contributed by atoms with van der Waals surface area (Å²) < 4.78 is 0. The Hall–Kier alpha value is -2.40. The van der Waals surface area contributed by atoms with Crippen molar-refractivity contribution in [2.24, 2.45) is 5.92 Å². The molecule has 4 rings (SSSR count). The monoisotopic (exact) mass is 451 g/mol. The number of aliphatic carboxylic acids is 1. The third-order valence-electron chi connectivity index (χ3n) is 7.16. The Morgan fingerprint density at radius 2 is 1.84 bits per heavy atom. The molecule has 0 saturated carbocycles. The van der Waals surface area contributed by atoms with Gasteiger partial charge in [-0.05, 0) is 73.5 Å². The van der Waals surface area contributed by atoms with Crippen LogP contribution in [-0.2, 0) is 4.79 Å². The molecule has 0 aromatic heterocycles. The molecule has 0 amide bonds. The molecule has 0 radical (unpaired) electrons. The van der Waals surface area contributed by atoms with Gasteiger partial charge in [0, 0.05) is 10.6 Å². The number of benzene rings is 2. The lowest BCUT2D eigenvalue weighted by Gasteiger charge is -2.46. The van der Waals surface area contributed by atoms with E-state index >= 15 is 0 Å². The van der Waals surface area contributed by atoms with Gasteiger partial charge in [0.25, 0.3) is 0 Å². The molecule has 0 spiro atoms. The molecule has 32 heavy (non-hydrogen) atoms. The first kappa shape index (κ1) is 22.8. The largest absolute Gasteiger partial charge is 0.478 e. The van der Waals surface area contributed by atoms with Crippen LogP contribution in [0.15, 0.2) is 72.3 Å². The number of carbonyl (C=O) groups is 1. The van der Waals surface area contributed by atoms with E-state index in [2.05, 4.69) is 24.0 Å². The standard InChI is InChI=1S/C27H30ClNO3/c1-2-27(15-11-21(12-16-27)26(31)32)29-17-13-20(14-18-29)25(30)24-6-4-3-5-23(24)19-7-9-22(28)10-8-19/h3-12,15,20,25,30H,2,13-14,16-18H2,1H3,(H,31,32)/t25?,27-/m0/s1. The number of hydrogen-bond acceptors (Lipinski definition) is 3. The van der Waals surface area contributed by atoms with Crippen molar-refractivity contribution in [3.05, 3.63) is 82.9 Å². The van der Waals surface area contributed by atoms with Gasteiger partial charge in [-0.25, -0.2) is 4.79 Å². The second-order valence-corrected chi connectivity index (χ2v) is 9.26. The van der Waals surface area contributed by atoms with E-state index in [1.807, 2.05) is 48.5 Å². The number of nitrogens with zero attached hydrogens (tertiary/aromatic N) is 1. The fraction of sp³-hybridized carbons (Fsp3) is 0.370. The van der Waals surface area contributed by atoms with E-state index in [1.165, 1.54) is 0 Å². The first-order valence-electron chi connectivity index (χ1n) is 11.3. The van der Waals surface area contributed by atoms with Crippen LogP contribution in [0.3, 0.4) is 0 Å². The highest BCUT2D eigenvalue weighted by Crippen LogP contribution is 2.40. The number of aliphatic hydroxyl groups excluding tert-OH is 1. The van der Waals surface area contributed by atoms with Crippen molar-refractivity contribution in [1.82, 2.24) is 4.90 Å². The van der Waals surface area contributed by atoms with E-state index in [9.17, 15) is 15.0 Å². The zero-order chi connectivity index (χ0) is 22.7. The van der Waals surface area contributed by atoms with Crippen LogP contribution in [0, 0.1) is 5.92 Å². The zero-order valence-corrected chi connectivity index (χ0v) is 19.1. The van der Waals surface area contributed by atoms with Crippen molar-refractivity contribution < 1.29 is 15.0 Å². The smallest absolute Gasteiger partial charge is 0.335 e. The average molecular weight is 452 g/mol.